The standard InChI is InChI=1S/C6H9Cl4/c7-3-5(9)1-2-6(10)4-8/h1,5-6H,2-4H2. The number of hydrogen-bond donors (Lipinski definition) is 0. The van der Waals surface area contributed by atoms with Gasteiger partial charge in [0.2, 0.25) is 0 Å². The van der Waals surface area contributed by atoms with Gasteiger partial charge in [-0.25, -0.2) is 0 Å². The summed E-state index contributed by atoms with van der Waals surface area (Å²) < 4.78 is 0. The first-order valence-corrected chi connectivity index (χ1v) is 4.88. The van der Waals surface area contributed by atoms with E-state index < -0.39 is 0 Å². The molecule has 0 aromatic rings. The van der Waals surface area contributed by atoms with Gasteiger partial charge in [-0.15, -0.1) is 46.4 Å². The minimum Gasteiger partial charge on any atom is -0.125 e. The molecule has 0 aromatic heterocycles. The summed E-state index contributed by atoms with van der Waals surface area (Å²) in [4.78, 5) is 0. The van der Waals surface area contributed by atoms with Gasteiger partial charge in [0.15, 0.2) is 0 Å². The predicted molar refractivity (Wildman–Crippen MR) is 49.6 cm³/mol. The number of hydrogen-bond acceptors (Lipinski definition) is 0. The third-order valence-corrected chi connectivity index (χ3v) is 2.65. The summed E-state index contributed by atoms with van der Waals surface area (Å²) in [5.41, 5.74) is 0. The number of halogens is 4. The third kappa shape index (κ3) is 5.91. The minimum atomic E-state index is -0.0915. The summed E-state index contributed by atoms with van der Waals surface area (Å²) in [6.45, 7) is 0. The van der Waals surface area contributed by atoms with Crippen molar-refractivity contribution < 1.29 is 0 Å². The van der Waals surface area contributed by atoms with E-state index in [4.69, 9.17) is 46.4 Å². The van der Waals surface area contributed by atoms with Gasteiger partial charge in [-0.05, 0) is 12.8 Å². The van der Waals surface area contributed by atoms with E-state index in [0.717, 1.165) is 0 Å². The lowest BCUT2D eigenvalue weighted by atomic mass is 10.2. The molecule has 4 heteroatoms. The molecule has 0 N–H and O–H groups in total. The highest BCUT2D eigenvalue weighted by Gasteiger charge is 2.07. The lowest BCUT2D eigenvalue weighted by molar-refractivity contribution is 0.870. The average molecular weight is 223 g/mol. The van der Waals surface area contributed by atoms with Crippen LogP contribution in [0.5, 0.6) is 0 Å². The molecule has 0 fully saturated rings. The molecule has 61 valence electrons. The monoisotopic (exact) mass is 221 g/mol. The van der Waals surface area contributed by atoms with Crippen molar-refractivity contribution in [3.63, 3.8) is 0 Å². The normalized spacial score (nSPS) is 16.8. The fourth-order valence-electron chi connectivity index (χ4n) is 0.421. The Morgan fingerprint density at radius 3 is 2.10 bits per heavy atom. The second-order valence-corrected chi connectivity index (χ2v) is 3.69. The lowest BCUT2D eigenvalue weighted by Crippen LogP contribution is -2.07. The second-order valence-electron chi connectivity index (χ2n) is 1.89. The molecule has 0 aliphatic heterocycles. The number of rotatable bonds is 5. The summed E-state index contributed by atoms with van der Waals surface area (Å²) in [7, 11) is 0. The predicted octanol–water partition coefficient (Wildman–Crippen LogP) is 3.27. The van der Waals surface area contributed by atoms with Crippen molar-refractivity contribution in [3.05, 3.63) is 6.42 Å². The van der Waals surface area contributed by atoms with Gasteiger partial charge < -0.3 is 0 Å². The maximum absolute atomic E-state index is 5.70. The van der Waals surface area contributed by atoms with Crippen molar-refractivity contribution in [1.29, 1.82) is 0 Å². The van der Waals surface area contributed by atoms with Crippen molar-refractivity contribution in [3.8, 4) is 0 Å². The Kier molecular flexibility index (Phi) is 7.64. The first-order valence-electron chi connectivity index (χ1n) is 2.94. The van der Waals surface area contributed by atoms with Gasteiger partial charge in [0.1, 0.15) is 0 Å². The molecule has 10 heavy (non-hydrogen) atoms. The topological polar surface area (TPSA) is 0 Å². The van der Waals surface area contributed by atoms with E-state index in [2.05, 4.69) is 0 Å². The third-order valence-electron chi connectivity index (χ3n) is 0.962. The Morgan fingerprint density at radius 1 is 1.10 bits per heavy atom. The highest BCUT2D eigenvalue weighted by Crippen LogP contribution is 2.12. The molecule has 2 unspecified atom stereocenters. The molecule has 0 aliphatic rings. The Morgan fingerprint density at radius 2 is 1.70 bits per heavy atom. The summed E-state index contributed by atoms with van der Waals surface area (Å²) >= 11 is 22.3. The molecular formula is C6H9Cl4. The van der Waals surface area contributed by atoms with Crippen LogP contribution >= 0.6 is 46.4 Å². The van der Waals surface area contributed by atoms with Gasteiger partial charge >= 0.3 is 0 Å². The van der Waals surface area contributed by atoms with E-state index in [1.54, 1.807) is 0 Å². The molecule has 0 heterocycles. The number of alkyl halides is 4. The molecule has 0 saturated heterocycles. The molecule has 0 rings (SSSR count). The summed E-state index contributed by atoms with van der Waals surface area (Å²) in [6.07, 6.45) is 2.58. The smallest absolute Gasteiger partial charge is 0.0503 e. The maximum atomic E-state index is 5.70. The van der Waals surface area contributed by atoms with Gasteiger partial charge in [-0.3, -0.25) is 0 Å². The Hall–Kier alpha value is 1.16. The Balaban J connectivity index is 3.17. The molecule has 0 aromatic carbocycles. The fraction of sp³-hybridized carbons (Fsp3) is 0.833. The highest BCUT2D eigenvalue weighted by atomic mass is 35.5. The van der Waals surface area contributed by atoms with Crippen LogP contribution in [-0.4, -0.2) is 22.5 Å². The summed E-state index contributed by atoms with van der Waals surface area (Å²) in [5.74, 6) is 0.872. The van der Waals surface area contributed by atoms with Crippen molar-refractivity contribution in [2.24, 2.45) is 0 Å². The van der Waals surface area contributed by atoms with Gasteiger partial charge in [0.05, 0.1) is 5.38 Å². The van der Waals surface area contributed by atoms with E-state index >= 15 is 0 Å². The Bertz CT molecular complexity index is 66.1. The molecule has 0 bridgehead atoms. The van der Waals surface area contributed by atoms with Crippen molar-refractivity contribution >= 4 is 46.4 Å². The van der Waals surface area contributed by atoms with Gasteiger partial charge in [-0.2, -0.15) is 0 Å². The zero-order valence-electron chi connectivity index (χ0n) is 5.37. The van der Waals surface area contributed by atoms with Crippen molar-refractivity contribution in [1.82, 2.24) is 0 Å². The first-order chi connectivity index (χ1) is 4.70. The van der Waals surface area contributed by atoms with Crippen molar-refractivity contribution in [2.75, 3.05) is 11.8 Å². The molecule has 1 radical (unpaired) electrons. The van der Waals surface area contributed by atoms with Crippen LogP contribution in [0.1, 0.15) is 6.42 Å². The quantitative estimate of drug-likeness (QED) is 0.627. The van der Waals surface area contributed by atoms with Gasteiger partial charge in [-0.1, -0.05) is 0 Å². The largest absolute Gasteiger partial charge is 0.125 e. The molecule has 0 aliphatic carbocycles. The Labute approximate surface area is 81.8 Å². The first kappa shape index (κ1) is 11.2. The highest BCUT2D eigenvalue weighted by molar-refractivity contribution is 6.29. The molecule has 2 atom stereocenters. The van der Waals surface area contributed by atoms with Crippen molar-refractivity contribution in [2.45, 2.75) is 17.2 Å². The van der Waals surface area contributed by atoms with E-state index in [1.165, 1.54) is 0 Å². The average Bonchev–Trinajstić information content (AvgIpc) is 1.99. The van der Waals surface area contributed by atoms with E-state index in [0.29, 0.717) is 18.2 Å². The van der Waals surface area contributed by atoms with Crippen LogP contribution < -0.4 is 0 Å². The van der Waals surface area contributed by atoms with Crippen LogP contribution in [0, 0.1) is 6.42 Å². The zero-order valence-corrected chi connectivity index (χ0v) is 8.39. The fourth-order valence-corrected chi connectivity index (χ4v) is 0.879. The lowest BCUT2D eigenvalue weighted by Gasteiger charge is -2.06. The van der Waals surface area contributed by atoms with Crippen LogP contribution in [0.25, 0.3) is 0 Å². The van der Waals surface area contributed by atoms with Crippen LogP contribution in [-0.2, 0) is 0 Å². The van der Waals surface area contributed by atoms with E-state index in [9.17, 15) is 0 Å². The van der Waals surface area contributed by atoms with E-state index in [1.807, 2.05) is 6.42 Å². The van der Waals surface area contributed by atoms with Crippen LogP contribution in [0.15, 0.2) is 0 Å². The van der Waals surface area contributed by atoms with E-state index in [-0.39, 0.29) is 10.8 Å². The summed E-state index contributed by atoms with van der Waals surface area (Å²) in [5, 5.41) is -0.114. The molecule has 0 nitrogen and oxygen atoms in total. The van der Waals surface area contributed by atoms with Gasteiger partial charge in [0.25, 0.3) is 0 Å². The maximum Gasteiger partial charge on any atom is 0.0503 e. The van der Waals surface area contributed by atoms with Crippen LogP contribution in [0.4, 0.5) is 0 Å². The molecule has 0 spiro atoms. The van der Waals surface area contributed by atoms with Crippen LogP contribution in [0.2, 0.25) is 0 Å². The van der Waals surface area contributed by atoms with Crippen LogP contribution in [0.3, 0.4) is 0 Å². The minimum absolute atomic E-state index is 0.0221. The zero-order chi connectivity index (χ0) is 7.98. The molecule has 0 amide bonds. The second kappa shape index (κ2) is 6.84. The van der Waals surface area contributed by atoms with Gasteiger partial charge in [0, 0.05) is 17.1 Å². The SMILES string of the molecule is ClCC(Cl)[CH]CC(Cl)CCl. The summed E-state index contributed by atoms with van der Waals surface area (Å²) in [6, 6.07) is 0. The molecular weight excluding hydrogens is 214 g/mol. The molecule has 0 saturated carbocycles.